The average molecular weight is 288 g/mol. The van der Waals surface area contributed by atoms with Crippen LogP contribution in [-0.2, 0) is 13.6 Å². The Labute approximate surface area is 119 Å². The normalized spacial score (nSPS) is 10.7. The summed E-state index contributed by atoms with van der Waals surface area (Å²) in [5.41, 5.74) is 8.28. The summed E-state index contributed by atoms with van der Waals surface area (Å²) in [5, 5.41) is 14.3. The highest BCUT2D eigenvalue weighted by atomic mass is 16.6. The van der Waals surface area contributed by atoms with Crippen LogP contribution in [-0.4, -0.2) is 30.6 Å². The molecule has 21 heavy (non-hydrogen) atoms. The first-order chi connectivity index (χ1) is 10.1. The maximum absolute atomic E-state index is 11.0. The molecule has 0 fully saturated rings. The third kappa shape index (κ3) is 3.25. The third-order valence-electron chi connectivity index (χ3n) is 2.78. The summed E-state index contributed by atoms with van der Waals surface area (Å²) in [4.78, 5) is 21.2. The highest BCUT2D eigenvalue weighted by molar-refractivity contribution is 5.64. The lowest BCUT2D eigenvalue weighted by Gasteiger charge is -2.00. The van der Waals surface area contributed by atoms with Gasteiger partial charge in [-0.1, -0.05) is 5.11 Å². The van der Waals surface area contributed by atoms with E-state index < -0.39 is 4.92 Å². The topological polar surface area (TPSA) is 128 Å². The Morgan fingerprint density at radius 3 is 2.86 bits per heavy atom. The first kappa shape index (κ1) is 14.3. The van der Waals surface area contributed by atoms with Crippen LogP contribution in [0.2, 0.25) is 0 Å². The monoisotopic (exact) mass is 288 g/mol. The predicted octanol–water partition coefficient (Wildman–Crippen LogP) is 2.01. The largest absolute Gasteiger partial charge is 0.358 e. The fourth-order valence-corrected chi connectivity index (χ4v) is 1.76. The molecule has 0 aliphatic heterocycles. The molecule has 0 aliphatic carbocycles. The molecule has 0 unspecified atom stereocenters. The maximum Gasteiger partial charge on any atom is 0.343 e. The van der Waals surface area contributed by atoms with Crippen molar-refractivity contribution in [3.05, 3.63) is 50.8 Å². The second-order valence-electron chi connectivity index (χ2n) is 4.07. The average Bonchev–Trinajstić information content (AvgIpc) is 3.03. The van der Waals surface area contributed by atoms with Gasteiger partial charge >= 0.3 is 5.82 Å². The van der Waals surface area contributed by atoms with Crippen molar-refractivity contribution in [3.63, 3.8) is 0 Å². The van der Waals surface area contributed by atoms with Crippen molar-refractivity contribution in [1.82, 2.24) is 19.1 Å². The van der Waals surface area contributed by atoms with Crippen LogP contribution in [0.1, 0.15) is 11.6 Å². The van der Waals surface area contributed by atoms with Gasteiger partial charge in [-0.2, -0.15) is 0 Å². The Morgan fingerprint density at radius 1 is 1.48 bits per heavy atom. The lowest BCUT2D eigenvalue weighted by molar-refractivity contribution is -0.392. The molecule has 10 heteroatoms. The van der Waals surface area contributed by atoms with Gasteiger partial charge in [-0.15, -0.1) is 0 Å². The Hall–Kier alpha value is -3.13. The van der Waals surface area contributed by atoms with Crippen LogP contribution in [0, 0.1) is 10.1 Å². The molecule has 10 nitrogen and oxygen atoms in total. The van der Waals surface area contributed by atoms with Crippen LogP contribution in [0.3, 0.4) is 0 Å². The van der Waals surface area contributed by atoms with E-state index in [1.807, 2.05) is 7.05 Å². The Morgan fingerprint density at radius 2 is 2.24 bits per heavy atom. The van der Waals surface area contributed by atoms with E-state index in [4.69, 9.17) is 5.53 Å². The van der Waals surface area contributed by atoms with Crippen LogP contribution in [0.15, 0.2) is 23.7 Å². The number of nitrogens with zero attached hydrogens (tertiary/aromatic N) is 8. The van der Waals surface area contributed by atoms with E-state index >= 15 is 0 Å². The molecule has 0 atom stereocenters. The number of azide groups is 1. The Balaban J connectivity index is 2.30. The second-order valence-corrected chi connectivity index (χ2v) is 4.07. The van der Waals surface area contributed by atoms with Crippen LogP contribution in [0.5, 0.6) is 0 Å². The number of rotatable bonds is 6. The molecule has 2 aromatic heterocycles. The Kier molecular flexibility index (Phi) is 4.32. The van der Waals surface area contributed by atoms with Crippen molar-refractivity contribution < 1.29 is 4.92 Å². The smallest absolute Gasteiger partial charge is 0.343 e. The van der Waals surface area contributed by atoms with E-state index in [0.29, 0.717) is 11.6 Å². The fourth-order valence-electron chi connectivity index (χ4n) is 1.76. The van der Waals surface area contributed by atoms with Crippen molar-refractivity contribution in [2.45, 2.75) is 6.54 Å². The van der Waals surface area contributed by atoms with Gasteiger partial charge in [0.05, 0.1) is 13.1 Å². The SMILES string of the molecule is Cn1ccnc1/C=C/c1ncc([N+](=O)[O-])n1CCN=[N+]=[N-]. The zero-order valence-electron chi connectivity index (χ0n) is 11.2. The molecule has 0 amide bonds. The molecule has 2 aromatic rings. The molecule has 0 bridgehead atoms. The van der Waals surface area contributed by atoms with Crippen molar-refractivity contribution >= 4 is 18.0 Å². The molecule has 2 rings (SSSR count). The van der Waals surface area contributed by atoms with Crippen LogP contribution >= 0.6 is 0 Å². The minimum atomic E-state index is -0.527. The summed E-state index contributed by atoms with van der Waals surface area (Å²) in [7, 11) is 1.84. The molecule has 0 N–H and O–H groups in total. The lowest BCUT2D eigenvalue weighted by Crippen LogP contribution is -2.07. The predicted molar refractivity (Wildman–Crippen MR) is 75.0 cm³/mol. The summed E-state index contributed by atoms with van der Waals surface area (Å²) in [6.07, 6.45) is 7.95. The van der Waals surface area contributed by atoms with Crippen LogP contribution in [0.25, 0.3) is 22.6 Å². The van der Waals surface area contributed by atoms with E-state index in [2.05, 4.69) is 20.0 Å². The number of aryl methyl sites for hydroxylation is 1. The van der Waals surface area contributed by atoms with Gasteiger partial charge in [0, 0.05) is 30.4 Å². The molecule has 2 heterocycles. The quantitative estimate of drug-likeness (QED) is 0.264. The Bertz CT molecular complexity index is 722. The lowest BCUT2D eigenvalue weighted by atomic mass is 10.4. The minimum absolute atomic E-state index is 0.108. The minimum Gasteiger partial charge on any atom is -0.358 e. The molecule has 0 saturated carbocycles. The summed E-state index contributed by atoms with van der Waals surface area (Å²) < 4.78 is 3.19. The van der Waals surface area contributed by atoms with E-state index in [-0.39, 0.29) is 18.9 Å². The second kappa shape index (κ2) is 6.35. The van der Waals surface area contributed by atoms with Gasteiger partial charge in [0.15, 0.2) is 0 Å². The van der Waals surface area contributed by atoms with Gasteiger partial charge in [-0.25, -0.2) is 14.5 Å². The molecule has 0 spiro atoms. The zero-order valence-corrected chi connectivity index (χ0v) is 11.2. The van der Waals surface area contributed by atoms with Gasteiger partial charge in [0.25, 0.3) is 0 Å². The van der Waals surface area contributed by atoms with Gasteiger partial charge < -0.3 is 14.7 Å². The van der Waals surface area contributed by atoms with E-state index in [9.17, 15) is 10.1 Å². The standard InChI is InChI=1S/C11H12N8O2/c1-17-6-4-13-9(17)2-3-10-14-8-11(19(20)21)18(10)7-5-15-16-12/h2-4,6,8H,5,7H2,1H3/b3-2+. The molecule has 108 valence electrons. The van der Waals surface area contributed by atoms with Gasteiger partial charge in [-0.05, 0) is 16.5 Å². The number of hydrogen-bond donors (Lipinski definition) is 0. The van der Waals surface area contributed by atoms with Gasteiger partial charge in [-0.3, -0.25) is 0 Å². The molecular weight excluding hydrogens is 276 g/mol. The first-order valence-electron chi connectivity index (χ1n) is 5.99. The first-order valence-corrected chi connectivity index (χ1v) is 5.99. The van der Waals surface area contributed by atoms with E-state index in [1.165, 1.54) is 10.8 Å². The van der Waals surface area contributed by atoms with Crippen molar-refractivity contribution in [2.75, 3.05) is 6.54 Å². The van der Waals surface area contributed by atoms with Crippen molar-refractivity contribution in [3.8, 4) is 0 Å². The maximum atomic E-state index is 11.0. The summed E-state index contributed by atoms with van der Waals surface area (Å²) in [5.74, 6) is 0.947. The van der Waals surface area contributed by atoms with E-state index in [0.717, 1.165) is 0 Å². The summed E-state index contributed by atoms with van der Waals surface area (Å²) in [6.45, 7) is 0.289. The third-order valence-corrected chi connectivity index (χ3v) is 2.78. The molecule has 0 aromatic carbocycles. The fraction of sp³-hybridized carbons (Fsp3) is 0.273. The number of imidazole rings is 2. The molecule has 0 radical (unpaired) electrons. The number of hydrogen-bond acceptors (Lipinski definition) is 5. The van der Waals surface area contributed by atoms with Crippen molar-refractivity contribution in [1.29, 1.82) is 0 Å². The van der Waals surface area contributed by atoms with Gasteiger partial charge in [0.2, 0.25) is 5.82 Å². The number of nitro groups is 1. The van der Waals surface area contributed by atoms with E-state index in [1.54, 1.807) is 29.1 Å². The molecule has 0 saturated heterocycles. The molecular formula is C11H12N8O2. The van der Waals surface area contributed by atoms with Crippen LogP contribution < -0.4 is 0 Å². The van der Waals surface area contributed by atoms with Crippen LogP contribution in [0.4, 0.5) is 5.82 Å². The van der Waals surface area contributed by atoms with Crippen molar-refractivity contribution in [2.24, 2.45) is 12.2 Å². The highest BCUT2D eigenvalue weighted by Gasteiger charge is 2.17. The molecule has 0 aliphatic rings. The summed E-state index contributed by atoms with van der Waals surface area (Å²) in [6, 6.07) is 0. The highest BCUT2D eigenvalue weighted by Crippen LogP contribution is 2.16. The zero-order chi connectivity index (χ0) is 15.2. The van der Waals surface area contributed by atoms with Gasteiger partial charge in [0.1, 0.15) is 12.0 Å². The number of aromatic nitrogens is 4. The summed E-state index contributed by atoms with van der Waals surface area (Å²) >= 11 is 0.